The van der Waals surface area contributed by atoms with E-state index in [0.29, 0.717) is 30.9 Å². The lowest BCUT2D eigenvalue weighted by Crippen LogP contribution is -2.50. The number of piperazine rings is 1. The van der Waals surface area contributed by atoms with Crippen LogP contribution in [0.1, 0.15) is 24.3 Å². The fourth-order valence-electron chi connectivity index (χ4n) is 5.19. The topological polar surface area (TPSA) is 103 Å². The van der Waals surface area contributed by atoms with Crippen LogP contribution in [-0.2, 0) is 9.53 Å². The van der Waals surface area contributed by atoms with Gasteiger partial charge >= 0.3 is 6.03 Å². The summed E-state index contributed by atoms with van der Waals surface area (Å²) in [5.74, 6) is 0.112. The zero-order valence-corrected chi connectivity index (χ0v) is 20.2. The Bertz CT molecular complexity index is 1120. The number of amides is 3. The number of rotatable bonds is 5. The number of urea groups is 1. The number of anilines is 2. The third-order valence-electron chi connectivity index (χ3n) is 7.14. The van der Waals surface area contributed by atoms with E-state index in [0.717, 1.165) is 18.7 Å². The summed E-state index contributed by atoms with van der Waals surface area (Å²) in [6.07, 6.45) is -0.448. The van der Waals surface area contributed by atoms with Gasteiger partial charge in [-0.2, -0.15) is 0 Å². The van der Waals surface area contributed by atoms with E-state index in [1.54, 1.807) is 24.3 Å². The van der Waals surface area contributed by atoms with Gasteiger partial charge < -0.3 is 35.0 Å². The molecule has 3 amide bonds. The third-order valence-corrected chi connectivity index (χ3v) is 7.14. The molecular formula is C26H31FN4O5. The molecule has 9 nitrogen and oxygen atoms in total. The minimum absolute atomic E-state index is 0.0580. The molecule has 0 aromatic heterocycles. The summed E-state index contributed by atoms with van der Waals surface area (Å²) in [4.78, 5) is 29.4. The molecule has 0 aliphatic carbocycles. The lowest BCUT2D eigenvalue weighted by Gasteiger charge is -2.38. The number of aliphatic hydroxyl groups is 1. The summed E-state index contributed by atoms with van der Waals surface area (Å²) in [6, 6.07) is 10.7. The zero-order chi connectivity index (χ0) is 25.2. The smallest absolute Gasteiger partial charge is 0.323 e. The Balaban J connectivity index is 1.27. The van der Waals surface area contributed by atoms with Crippen LogP contribution in [-0.4, -0.2) is 85.0 Å². The van der Waals surface area contributed by atoms with Crippen molar-refractivity contribution in [3.8, 4) is 5.75 Å². The highest BCUT2D eigenvalue weighted by Gasteiger charge is 2.46. The van der Waals surface area contributed by atoms with Gasteiger partial charge in [0.05, 0.1) is 24.8 Å². The maximum absolute atomic E-state index is 13.9. The van der Waals surface area contributed by atoms with Crippen LogP contribution >= 0.6 is 0 Å². The number of hydrogen-bond acceptors (Lipinski definition) is 6. The number of likely N-dealkylation sites (N-methyl/N-ethyl adjacent to an activating group) is 1. The monoisotopic (exact) mass is 498 g/mol. The van der Waals surface area contributed by atoms with Gasteiger partial charge in [0.1, 0.15) is 23.8 Å². The van der Waals surface area contributed by atoms with Gasteiger partial charge in [-0.25, -0.2) is 9.18 Å². The maximum Gasteiger partial charge on any atom is 0.323 e. The van der Waals surface area contributed by atoms with Gasteiger partial charge in [0.2, 0.25) is 5.91 Å². The zero-order valence-electron chi connectivity index (χ0n) is 20.2. The number of fused-ring (bicyclic) bond motifs is 3. The standard InChI is InChI=1S/C26H31FN4O5/c1-30-8-10-31(11-9-30)24(33)14-17-13-19-18-12-16(6-7-22(18)36-25(19)23(15-32)35-17)28-26(34)29-21-5-3-2-4-20(21)27/h2-7,12,17,19,23,25,32H,8-11,13-15H2,1H3,(H2,28,29,34)/t17-,19-,23+,25+/m0/s1. The Morgan fingerprint density at radius 2 is 1.89 bits per heavy atom. The second-order valence-electron chi connectivity index (χ2n) is 9.60. The van der Waals surface area contributed by atoms with Crippen LogP contribution < -0.4 is 15.4 Å². The van der Waals surface area contributed by atoms with Crippen molar-refractivity contribution in [2.24, 2.45) is 0 Å². The van der Waals surface area contributed by atoms with Gasteiger partial charge in [0, 0.05) is 43.3 Å². The van der Waals surface area contributed by atoms with E-state index in [4.69, 9.17) is 9.47 Å². The highest BCUT2D eigenvalue weighted by molar-refractivity contribution is 5.99. The molecule has 2 saturated heterocycles. The van der Waals surface area contributed by atoms with E-state index >= 15 is 0 Å². The minimum atomic E-state index is -0.564. The Morgan fingerprint density at radius 3 is 2.64 bits per heavy atom. The first kappa shape index (κ1) is 24.5. The van der Waals surface area contributed by atoms with Crippen molar-refractivity contribution >= 4 is 23.3 Å². The number of hydrogen-bond donors (Lipinski definition) is 3. The average Bonchev–Trinajstić information content (AvgIpc) is 3.23. The average molecular weight is 499 g/mol. The molecule has 0 saturated carbocycles. The first-order valence-corrected chi connectivity index (χ1v) is 12.3. The van der Waals surface area contributed by atoms with E-state index in [9.17, 15) is 19.1 Å². The molecule has 36 heavy (non-hydrogen) atoms. The summed E-state index contributed by atoms with van der Waals surface area (Å²) in [7, 11) is 2.04. The van der Waals surface area contributed by atoms with Gasteiger partial charge in [-0.3, -0.25) is 4.79 Å². The lowest BCUT2D eigenvalue weighted by atomic mass is 9.84. The summed E-state index contributed by atoms with van der Waals surface area (Å²) in [6.45, 7) is 2.89. The van der Waals surface area contributed by atoms with Crippen molar-refractivity contribution < 1.29 is 28.6 Å². The Kier molecular flexibility index (Phi) is 7.08. The molecule has 10 heteroatoms. The fourth-order valence-corrected chi connectivity index (χ4v) is 5.19. The number of halogens is 1. The first-order valence-electron chi connectivity index (χ1n) is 12.3. The van der Waals surface area contributed by atoms with E-state index in [1.165, 1.54) is 12.1 Å². The van der Waals surface area contributed by atoms with E-state index in [-0.39, 0.29) is 42.7 Å². The Hall–Kier alpha value is -3.21. The van der Waals surface area contributed by atoms with Crippen LogP contribution in [0.25, 0.3) is 0 Å². The Morgan fingerprint density at radius 1 is 1.11 bits per heavy atom. The number of nitrogens with zero attached hydrogens (tertiary/aromatic N) is 2. The molecule has 3 aliphatic rings. The molecule has 192 valence electrons. The second kappa shape index (κ2) is 10.4. The van der Waals surface area contributed by atoms with Crippen molar-refractivity contribution in [3.63, 3.8) is 0 Å². The predicted molar refractivity (Wildman–Crippen MR) is 132 cm³/mol. The van der Waals surface area contributed by atoms with Gasteiger partial charge in [0.25, 0.3) is 0 Å². The van der Waals surface area contributed by atoms with Crippen LogP contribution in [0, 0.1) is 5.82 Å². The van der Waals surface area contributed by atoms with E-state index in [1.807, 2.05) is 18.0 Å². The van der Waals surface area contributed by atoms with Gasteiger partial charge in [-0.05, 0) is 43.8 Å². The van der Waals surface area contributed by atoms with Crippen LogP contribution in [0.2, 0.25) is 0 Å². The first-order chi connectivity index (χ1) is 17.4. The molecule has 3 aliphatic heterocycles. The molecule has 3 heterocycles. The summed E-state index contributed by atoms with van der Waals surface area (Å²) in [5, 5.41) is 15.2. The second-order valence-corrected chi connectivity index (χ2v) is 9.60. The number of aliphatic hydroxyl groups excluding tert-OH is 1. The molecule has 2 fully saturated rings. The largest absolute Gasteiger partial charge is 0.487 e. The number of carbonyl (C=O) groups excluding carboxylic acids is 2. The van der Waals surface area contributed by atoms with Crippen LogP contribution in [0.4, 0.5) is 20.6 Å². The lowest BCUT2D eigenvalue weighted by molar-refractivity contribution is -0.150. The quantitative estimate of drug-likeness (QED) is 0.586. The Labute approximate surface area is 209 Å². The highest BCUT2D eigenvalue weighted by atomic mass is 19.1. The minimum Gasteiger partial charge on any atom is -0.487 e. The van der Waals surface area contributed by atoms with Crippen molar-refractivity contribution in [1.29, 1.82) is 0 Å². The number of carbonyl (C=O) groups is 2. The third kappa shape index (κ3) is 5.16. The van der Waals surface area contributed by atoms with Crippen molar-refractivity contribution in [2.45, 2.75) is 37.1 Å². The van der Waals surface area contributed by atoms with Crippen molar-refractivity contribution in [3.05, 3.63) is 53.8 Å². The molecule has 4 atom stereocenters. The molecule has 5 rings (SSSR count). The highest BCUT2D eigenvalue weighted by Crippen LogP contribution is 2.47. The molecule has 0 unspecified atom stereocenters. The SMILES string of the molecule is CN1CCN(C(=O)C[C@@H]2C[C@H]3c4cc(NC(=O)Nc5ccccc5F)ccc4O[C@H]3[C@@H](CO)O2)CC1. The van der Waals surface area contributed by atoms with E-state index < -0.39 is 18.0 Å². The normalized spacial score (nSPS) is 25.5. The van der Waals surface area contributed by atoms with Crippen LogP contribution in [0.15, 0.2) is 42.5 Å². The van der Waals surface area contributed by atoms with Crippen LogP contribution in [0.3, 0.4) is 0 Å². The molecule has 2 aromatic rings. The molecule has 2 aromatic carbocycles. The number of benzene rings is 2. The molecular weight excluding hydrogens is 467 g/mol. The number of para-hydroxylation sites is 1. The summed E-state index contributed by atoms with van der Waals surface area (Å²) >= 11 is 0. The molecule has 3 N–H and O–H groups in total. The van der Waals surface area contributed by atoms with Gasteiger partial charge in [-0.1, -0.05) is 12.1 Å². The maximum atomic E-state index is 13.9. The van der Waals surface area contributed by atoms with Gasteiger partial charge in [0.15, 0.2) is 0 Å². The fraction of sp³-hybridized carbons (Fsp3) is 0.462. The molecule has 0 radical (unpaired) electrons. The van der Waals surface area contributed by atoms with Crippen molar-refractivity contribution in [2.75, 3.05) is 50.5 Å². The summed E-state index contributed by atoms with van der Waals surface area (Å²) in [5.41, 5.74) is 1.51. The number of nitrogens with one attached hydrogen (secondary N) is 2. The van der Waals surface area contributed by atoms with Crippen molar-refractivity contribution in [1.82, 2.24) is 9.80 Å². The van der Waals surface area contributed by atoms with Gasteiger partial charge in [-0.15, -0.1) is 0 Å². The van der Waals surface area contributed by atoms with E-state index in [2.05, 4.69) is 15.5 Å². The predicted octanol–water partition coefficient (Wildman–Crippen LogP) is 2.63. The van der Waals surface area contributed by atoms with Crippen LogP contribution in [0.5, 0.6) is 5.75 Å². The molecule has 0 bridgehead atoms. The molecule has 0 spiro atoms. The number of ether oxygens (including phenoxy) is 2. The summed E-state index contributed by atoms with van der Waals surface area (Å²) < 4.78 is 26.1.